The Bertz CT molecular complexity index is 361. The Kier molecular flexibility index (Phi) is 3.46. The molecule has 3 heteroatoms. The number of benzene rings is 1. The fourth-order valence-corrected chi connectivity index (χ4v) is 1.79. The normalized spacial score (nSPS) is 17.2. The molecule has 88 valence electrons. The van der Waals surface area contributed by atoms with Gasteiger partial charge in [-0.25, -0.2) is 0 Å². The van der Waals surface area contributed by atoms with Gasteiger partial charge in [0.15, 0.2) is 0 Å². The number of nitrogens with one attached hydrogen (secondary N) is 1. The molecule has 0 heterocycles. The zero-order valence-electron chi connectivity index (χ0n) is 9.86. The van der Waals surface area contributed by atoms with Crippen LogP contribution in [0.4, 0.5) is 0 Å². The number of hydrogen-bond donors (Lipinski definition) is 2. The quantitative estimate of drug-likeness (QED) is 0.796. The lowest BCUT2D eigenvalue weighted by Crippen LogP contribution is -2.23. The fraction of sp³-hybridized carbons (Fsp3) is 0.538. The van der Waals surface area contributed by atoms with E-state index in [4.69, 9.17) is 4.74 Å². The van der Waals surface area contributed by atoms with Gasteiger partial charge in [0.1, 0.15) is 5.75 Å². The Balaban J connectivity index is 2.06. The van der Waals surface area contributed by atoms with Gasteiger partial charge in [-0.05, 0) is 31.9 Å². The van der Waals surface area contributed by atoms with Gasteiger partial charge in [0.05, 0.1) is 13.2 Å². The van der Waals surface area contributed by atoms with Gasteiger partial charge in [-0.1, -0.05) is 11.6 Å². The molecule has 0 saturated heterocycles. The lowest BCUT2D eigenvalue weighted by atomic mass is 10.1. The molecule has 1 aliphatic rings. The van der Waals surface area contributed by atoms with Crippen molar-refractivity contribution in [1.29, 1.82) is 0 Å². The summed E-state index contributed by atoms with van der Waals surface area (Å²) in [5.41, 5.74) is 2.01. The van der Waals surface area contributed by atoms with Crippen molar-refractivity contribution in [3.8, 4) is 5.75 Å². The van der Waals surface area contributed by atoms with E-state index in [1.54, 1.807) is 7.11 Å². The molecule has 0 amide bonds. The molecule has 0 aliphatic heterocycles. The lowest BCUT2D eigenvalue weighted by molar-refractivity contribution is 0.170. The molecule has 0 bridgehead atoms. The summed E-state index contributed by atoms with van der Waals surface area (Å²) in [5, 5.41) is 13.4. The third kappa shape index (κ3) is 2.74. The SMILES string of the molecule is COc1ccc(C)cc1C(O)CNC1CC1. The van der Waals surface area contributed by atoms with Gasteiger partial charge in [-0.2, -0.15) is 0 Å². The average molecular weight is 221 g/mol. The van der Waals surface area contributed by atoms with Gasteiger partial charge in [-0.15, -0.1) is 0 Å². The van der Waals surface area contributed by atoms with Crippen molar-refractivity contribution < 1.29 is 9.84 Å². The minimum atomic E-state index is -0.490. The van der Waals surface area contributed by atoms with Gasteiger partial charge >= 0.3 is 0 Å². The van der Waals surface area contributed by atoms with Crippen molar-refractivity contribution in [2.45, 2.75) is 31.9 Å². The molecule has 1 unspecified atom stereocenters. The third-order valence-corrected chi connectivity index (χ3v) is 2.92. The second-order valence-electron chi connectivity index (χ2n) is 4.44. The first-order valence-corrected chi connectivity index (χ1v) is 5.76. The van der Waals surface area contributed by atoms with E-state index in [1.165, 1.54) is 12.8 Å². The number of ether oxygens (including phenoxy) is 1. The van der Waals surface area contributed by atoms with Crippen LogP contribution < -0.4 is 10.1 Å². The van der Waals surface area contributed by atoms with Crippen LogP contribution in [0.3, 0.4) is 0 Å². The van der Waals surface area contributed by atoms with Crippen LogP contribution in [0.2, 0.25) is 0 Å². The van der Waals surface area contributed by atoms with Gasteiger partial charge < -0.3 is 15.2 Å². The van der Waals surface area contributed by atoms with Crippen LogP contribution in [0.1, 0.15) is 30.1 Å². The molecule has 16 heavy (non-hydrogen) atoms. The topological polar surface area (TPSA) is 41.5 Å². The molecule has 0 aromatic heterocycles. The zero-order chi connectivity index (χ0) is 11.5. The van der Waals surface area contributed by atoms with Gasteiger partial charge in [0.25, 0.3) is 0 Å². The van der Waals surface area contributed by atoms with E-state index in [0.717, 1.165) is 16.9 Å². The lowest BCUT2D eigenvalue weighted by Gasteiger charge is -2.16. The fourth-order valence-electron chi connectivity index (χ4n) is 1.79. The Morgan fingerprint density at radius 2 is 2.25 bits per heavy atom. The standard InChI is InChI=1S/C13H19NO2/c1-9-3-6-13(16-2)11(7-9)12(15)8-14-10-4-5-10/h3,6-7,10,12,14-15H,4-5,8H2,1-2H3. The first-order chi connectivity index (χ1) is 7.70. The summed E-state index contributed by atoms with van der Waals surface area (Å²) in [6, 6.07) is 6.50. The molecule has 1 atom stereocenters. The molecular weight excluding hydrogens is 202 g/mol. The maximum atomic E-state index is 10.1. The molecule has 3 nitrogen and oxygen atoms in total. The summed E-state index contributed by atoms with van der Waals surface area (Å²) >= 11 is 0. The molecule has 2 N–H and O–H groups in total. The first-order valence-electron chi connectivity index (χ1n) is 5.76. The highest BCUT2D eigenvalue weighted by Crippen LogP contribution is 2.27. The van der Waals surface area contributed by atoms with Gasteiger partial charge in [-0.3, -0.25) is 0 Å². The monoisotopic (exact) mass is 221 g/mol. The molecule has 1 saturated carbocycles. The van der Waals surface area contributed by atoms with Crippen molar-refractivity contribution >= 4 is 0 Å². The predicted molar refractivity (Wildman–Crippen MR) is 63.7 cm³/mol. The average Bonchev–Trinajstić information content (AvgIpc) is 3.09. The predicted octanol–water partition coefficient (Wildman–Crippen LogP) is 1.79. The van der Waals surface area contributed by atoms with Gasteiger partial charge in [0.2, 0.25) is 0 Å². The molecule has 0 spiro atoms. The maximum absolute atomic E-state index is 10.1. The first kappa shape index (κ1) is 11.4. The van der Waals surface area contributed by atoms with E-state index in [-0.39, 0.29) is 0 Å². The van der Waals surface area contributed by atoms with Crippen LogP contribution in [0.25, 0.3) is 0 Å². The van der Waals surface area contributed by atoms with Crippen LogP contribution in [0.5, 0.6) is 5.75 Å². The molecule has 1 aromatic carbocycles. The highest BCUT2D eigenvalue weighted by molar-refractivity contribution is 5.38. The van der Waals surface area contributed by atoms with Crippen molar-refractivity contribution in [1.82, 2.24) is 5.32 Å². The number of aliphatic hydroxyl groups excluding tert-OH is 1. The van der Waals surface area contributed by atoms with E-state index >= 15 is 0 Å². The van der Waals surface area contributed by atoms with Crippen molar-refractivity contribution in [3.05, 3.63) is 29.3 Å². The second-order valence-corrected chi connectivity index (χ2v) is 4.44. The Morgan fingerprint density at radius 3 is 2.88 bits per heavy atom. The maximum Gasteiger partial charge on any atom is 0.124 e. The van der Waals surface area contributed by atoms with E-state index < -0.39 is 6.10 Å². The van der Waals surface area contributed by atoms with Crippen LogP contribution in [-0.2, 0) is 0 Å². The summed E-state index contributed by atoms with van der Waals surface area (Å²) in [5.74, 6) is 0.760. The molecular formula is C13H19NO2. The summed E-state index contributed by atoms with van der Waals surface area (Å²) in [4.78, 5) is 0. The Morgan fingerprint density at radius 1 is 1.50 bits per heavy atom. The van der Waals surface area contributed by atoms with Crippen molar-refractivity contribution in [3.63, 3.8) is 0 Å². The Labute approximate surface area is 96.4 Å². The molecule has 0 radical (unpaired) electrons. The van der Waals surface area contributed by atoms with E-state index in [2.05, 4.69) is 5.32 Å². The van der Waals surface area contributed by atoms with Crippen LogP contribution >= 0.6 is 0 Å². The molecule has 2 rings (SSSR count). The number of hydrogen-bond acceptors (Lipinski definition) is 3. The largest absolute Gasteiger partial charge is 0.496 e. The van der Waals surface area contributed by atoms with Gasteiger partial charge in [0, 0.05) is 18.2 Å². The second kappa shape index (κ2) is 4.85. The highest BCUT2D eigenvalue weighted by Gasteiger charge is 2.22. The molecule has 1 fully saturated rings. The third-order valence-electron chi connectivity index (χ3n) is 2.92. The smallest absolute Gasteiger partial charge is 0.124 e. The molecule has 1 aromatic rings. The number of aryl methyl sites for hydroxylation is 1. The number of rotatable bonds is 5. The highest BCUT2D eigenvalue weighted by atomic mass is 16.5. The van der Waals surface area contributed by atoms with Crippen LogP contribution in [0.15, 0.2) is 18.2 Å². The van der Waals surface area contributed by atoms with Crippen molar-refractivity contribution in [2.75, 3.05) is 13.7 Å². The van der Waals surface area contributed by atoms with E-state index in [9.17, 15) is 5.11 Å². The molecule has 1 aliphatic carbocycles. The summed E-state index contributed by atoms with van der Waals surface area (Å²) in [6.07, 6.45) is 1.98. The van der Waals surface area contributed by atoms with Crippen LogP contribution in [-0.4, -0.2) is 24.8 Å². The minimum Gasteiger partial charge on any atom is -0.496 e. The number of methoxy groups -OCH3 is 1. The summed E-state index contributed by atoms with van der Waals surface area (Å²) < 4.78 is 5.26. The van der Waals surface area contributed by atoms with Crippen LogP contribution in [0, 0.1) is 6.92 Å². The van der Waals surface area contributed by atoms with Crippen molar-refractivity contribution in [2.24, 2.45) is 0 Å². The van der Waals surface area contributed by atoms with E-state index in [1.807, 2.05) is 25.1 Å². The minimum absolute atomic E-state index is 0.490. The summed E-state index contributed by atoms with van der Waals surface area (Å²) in [6.45, 7) is 2.62. The Hall–Kier alpha value is -1.06. The number of aliphatic hydroxyl groups is 1. The summed E-state index contributed by atoms with van der Waals surface area (Å²) in [7, 11) is 1.63. The zero-order valence-corrected chi connectivity index (χ0v) is 9.86. The van der Waals surface area contributed by atoms with E-state index in [0.29, 0.717) is 12.6 Å².